The summed E-state index contributed by atoms with van der Waals surface area (Å²) < 4.78 is 12.6. The zero-order valence-electron chi connectivity index (χ0n) is 9.77. The van der Waals surface area contributed by atoms with Gasteiger partial charge in [-0.15, -0.1) is 0 Å². The molecule has 5 heteroatoms. The maximum atomic E-state index is 12.1. The van der Waals surface area contributed by atoms with Gasteiger partial charge < -0.3 is 5.11 Å². The van der Waals surface area contributed by atoms with E-state index in [0.717, 1.165) is 12.8 Å². The number of carbonyl (C=O) groups is 1. The summed E-state index contributed by atoms with van der Waals surface area (Å²) in [5, 5.41) is 9.03. The average Bonchev–Trinajstić information content (AvgIpc) is 2.28. The van der Waals surface area contributed by atoms with Crippen LogP contribution in [0.15, 0.2) is 27.6 Å². The molecule has 0 amide bonds. The maximum Gasteiger partial charge on any atom is 0.336 e. The molecule has 0 aliphatic rings. The molecule has 0 aliphatic carbocycles. The maximum absolute atomic E-state index is 12.1. The second-order valence-corrected chi connectivity index (χ2v) is 6.57. The van der Waals surface area contributed by atoms with Crippen LogP contribution in [-0.4, -0.2) is 20.5 Å². The van der Waals surface area contributed by atoms with Crippen molar-refractivity contribution in [3.8, 4) is 0 Å². The summed E-state index contributed by atoms with van der Waals surface area (Å²) in [5.74, 6) is -1.01. The van der Waals surface area contributed by atoms with Crippen LogP contribution in [0.2, 0.25) is 0 Å². The lowest BCUT2D eigenvalue weighted by molar-refractivity contribution is 0.0695. The Morgan fingerprint density at radius 2 is 2.18 bits per heavy atom. The molecule has 0 bridgehead atoms. The first-order valence-electron chi connectivity index (χ1n) is 5.40. The number of halogens is 1. The summed E-state index contributed by atoms with van der Waals surface area (Å²) in [7, 11) is -1.15. The largest absolute Gasteiger partial charge is 0.478 e. The van der Waals surface area contributed by atoms with Crippen molar-refractivity contribution < 1.29 is 14.1 Å². The molecule has 1 aromatic carbocycles. The quantitative estimate of drug-likeness (QED) is 0.904. The fourth-order valence-corrected chi connectivity index (χ4v) is 3.31. The van der Waals surface area contributed by atoms with Crippen LogP contribution < -0.4 is 0 Å². The predicted octanol–water partition coefficient (Wildman–Crippen LogP) is 3.44. The molecule has 2 unspecified atom stereocenters. The van der Waals surface area contributed by atoms with Crippen LogP contribution in [0.3, 0.4) is 0 Å². The van der Waals surface area contributed by atoms with E-state index < -0.39 is 16.8 Å². The number of benzene rings is 1. The van der Waals surface area contributed by atoms with Gasteiger partial charge in [0.25, 0.3) is 0 Å². The van der Waals surface area contributed by atoms with E-state index >= 15 is 0 Å². The topological polar surface area (TPSA) is 54.4 Å². The summed E-state index contributed by atoms with van der Waals surface area (Å²) >= 11 is 3.17. The minimum Gasteiger partial charge on any atom is -0.478 e. The molecule has 0 heterocycles. The van der Waals surface area contributed by atoms with Crippen molar-refractivity contribution in [2.75, 3.05) is 0 Å². The number of rotatable bonds is 5. The van der Waals surface area contributed by atoms with Crippen molar-refractivity contribution in [3.05, 3.63) is 28.2 Å². The van der Waals surface area contributed by atoms with Crippen molar-refractivity contribution in [1.29, 1.82) is 0 Å². The highest BCUT2D eigenvalue weighted by Crippen LogP contribution is 2.22. The van der Waals surface area contributed by atoms with Gasteiger partial charge in [-0.05, 0) is 40.5 Å². The molecule has 0 saturated carbocycles. The van der Waals surface area contributed by atoms with Gasteiger partial charge in [-0.2, -0.15) is 0 Å². The van der Waals surface area contributed by atoms with E-state index in [2.05, 4.69) is 15.9 Å². The normalized spacial score (nSPS) is 14.3. The van der Waals surface area contributed by atoms with E-state index in [-0.39, 0.29) is 10.8 Å². The van der Waals surface area contributed by atoms with Crippen LogP contribution in [-0.2, 0) is 10.8 Å². The molecule has 0 radical (unpaired) electrons. The van der Waals surface area contributed by atoms with Gasteiger partial charge in [-0.25, -0.2) is 4.79 Å². The summed E-state index contributed by atoms with van der Waals surface area (Å²) in [4.78, 5) is 11.5. The molecule has 0 aromatic heterocycles. The fraction of sp³-hybridized carbons (Fsp3) is 0.417. The number of carboxylic acid groups (broad SMARTS) is 1. The molecule has 2 atom stereocenters. The molecular weight excluding hydrogens is 304 g/mol. The summed E-state index contributed by atoms with van der Waals surface area (Å²) in [6.45, 7) is 3.96. The molecule has 1 N–H and O–H groups in total. The summed E-state index contributed by atoms with van der Waals surface area (Å²) in [6, 6.07) is 4.82. The first kappa shape index (κ1) is 14.4. The van der Waals surface area contributed by atoms with Gasteiger partial charge in [0.2, 0.25) is 0 Å². The van der Waals surface area contributed by atoms with Gasteiger partial charge in [0.15, 0.2) is 0 Å². The number of hydrogen-bond donors (Lipinski definition) is 1. The summed E-state index contributed by atoms with van der Waals surface area (Å²) in [6.07, 6.45) is 1.83. The van der Waals surface area contributed by atoms with Crippen molar-refractivity contribution in [1.82, 2.24) is 0 Å². The molecule has 0 fully saturated rings. The van der Waals surface area contributed by atoms with E-state index in [1.165, 1.54) is 6.07 Å². The lowest BCUT2D eigenvalue weighted by atomic mass is 10.2. The fourth-order valence-electron chi connectivity index (χ4n) is 1.54. The van der Waals surface area contributed by atoms with Gasteiger partial charge in [0, 0.05) is 14.6 Å². The zero-order valence-corrected chi connectivity index (χ0v) is 12.2. The zero-order chi connectivity index (χ0) is 13.0. The third-order valence-electron chi connectivity index (χ3n) is 2.46. The third-order valence-corrected chi connectivity index (χ3v) is 4.84. The predicted molar refractivity (Wildman–Crippen MR) is 71.9 cm³/mol. The Morgan fingerprint density at radius 3 is 2.71 bits per heavy atom. The van der Waals surface area contributed by atoms with E-state index in [1.54, 1.807) is 12.1 Å². The van der Waals surface area contributed by atoms with Crippen LogP contribution in [0.4, 0.5) is 0 Å². The molecule has 1 aromatic rings. The first-order chi connectivity index (χ1) is 7.97. The van der Waals surface area contributed by atoms with Crippen molar-refractivity contribution >= 4 is 32.7 Å². The van der Waals surface area contributed by atoms with E-state index in [0.29, 0.717) is 9.37 Å². The number of aromatic carboxylic acids is 1. The van der Waals surface area contributed by atoms with Crippen LogP contribution >= 0.6 is 15.9 Å². The smallest absolute Gasteiger partial charge is 0.336 e. The Bertz CT molecular complexity index is 445. The van der Waals surface area contributed by atoms with Crippen LogP contribution in [0.1, 0.15) is 37.0 Å². The molecule has 94 valence electrons. The Hall–Kier alpha value is -0.680. The molecular formula is C12H15BrO3S. The van der Waals surface area contributed by atoms with Gasteiger partial charge in [-0.1, -0.05) is 20.3 Å². The average molecular weight is 319 g/mol. The van der Waals surface area contributed by atoms with Crippen molar-refractivity contribution in [2.45, 2.75) is 36.8 Å². The first-order valence-corrected chi connectivity index (χ1v) is 7.41. The van der Waals surface area contributed by atoms with Gasteiger partial charge >= 0.3 is 5.97 Å². The molecule has 0 aliphatic heterocycles. The second kappa shape index (κ2) is 6.31. The molecule has 0 spiro atoms. The highest BCUT2D eigenvalue weighted by Gasteiger charge is 2.16. The Labute approximate surface area is 112 Å². The van der Waals surface area contributed by atoms with Gasteiger partial charge in [0.05, 0.1) is 16.4 Å². The lowest BCUT2D eigenvalue weighted by Gasteiger charge is -2.11. The van der Waals surface area contributed by atoms with Crippen molar-refractivity contribution in [3.63, 3.8) is 0 Å². The number of hydrogen-bond acceptors (Lipinski definition) is 2. The minimum atomic E-state index is -1.15. The van der Waals surface area contributed by atoms with E-state index in [4.69, 9.17) is 5.11 Å². The van der Waals surface area contributed by atoms with Crippen molar-refractivity contribution in [2.24, 2.45) is 0 Å². The highest BCUT2D eigenvalue weighted by molar-refractivity contribution is 9.10. The Balaban J connectivity index is 3.03. The molecule has 1 rings (SSSR count). The summed E-state index contributed by atoms with van der Waals surface area (Å²) in [5.41, 5.74) is 0.152. The molecule has 0 saturated heterocycles. The Kier molecular flexibility index (Phi) is 5.33. The SMILES string of the molecule is CCCC(C)S(=O)c1ccc(Br)c(C(=O)O)c1. The van der Waals surface area contributed by atoms with Crippen LogP contribution in [0.5, 0.6) is 0 Å². The van der Waals surface area contributed by atoms with Crippen LogP contribution in [0, 0.1) is 0 Å². The lowest BCUT2D eigenvalue weighted by Crippen LogP contribution is -2.11. The van der Waals surface area contributed by atoms with E-state index in [1.807, 2.05) is 13.8 Å². The molecule has 17 heavy (non-hydrogen) atoms. The molecule has 3 nitrogen and oxygen atoms in total. The number of carboxylic acids is 1. The monoisotopic (exact) mass is 318 g/mol. The minimum absolute atomic E-state index is 0.0443. The van der Waals surface area contributed by atoms with Gasteiger partial charge in [0.1, 0.15) is 0 Å². The second-order valence-electron chi connectivity index (χ2n) is 3.84. The standard InChI is InChI=1S/C12H15BrO3S/c1-3-4-8(2)17(16)9-5-6-11(13)10(7-9)12(14)15/h5-8H,3-4H2,1-2H3,(H,14,15). The highest BCUT2D eigenvalue weighted by atomic mass is 79.9. The van der Waals surface area contributed by atoms with Gasteiger partial charge in [-0.3, -0.25) is 4.21 Å². The van der Waals surface area contributed by atoms with Crippen LogP contribution in [0.25, 0.3) is 0 Å². The Morgan fingerprint density at radius 1 is 1.53 bits per heavy atom. The third kappa shape index (κ3) is 3.64. The van der Waals surface area contributed by atoms with E-state index in [9.17, 15) is 9.00 Å².